The molecule has 0 aliphatic rings. The van der Waals surface area contributed by atoms with Crippen molar-refractivity contribution < 1.29 is 0 Å². The van der Waals surface area contributed by atoms with Crippen molar-refractivity contribution in [2.75, 3.05) is 0 Å². The van der Waals surface area contributed by atoms with Gasteiger partial charge in [-0.15, -0.1) is 0 Å². The summed E-state index contributed by atoms with van der Waals surface area (Å²) in [6.45, 7) is 0. The van der Waals surface area contributed by atoms with Gasteiger partial charge in [0.25, 0.3) is 0 Å². The lowest BCUT2D eigenvalue weighted by Crippen LogP contribution is -2.02. The summed E-state index contributed by atoms with van der Waals surface area (Å²) in [5.74, 6) is 1.91. The zero-order valence-electron chi connectivity index (χ0n) is 28.8. The fraction of sp³-hybridized carbons (Fsp3) is 0. The van der Waals surface area contributed by atoms with E-state index in [2.05, 4.69) is 168 Å². The fourth-order valence-corrected chi connectivity index (χ4v) is 7.69. The summed E-state index contributed by atoms with van der Waals surface area (Å²) in [7, 11) is 0. The molecular formula is C49H32N4. The first-order valence-electron chi connectivity index (χ1n) is 17.9. The molecule has 0 aliphatic heterocycles. The molecule has 10 aromatic rings. The Morgan fingerprint density at radius 3 is 1.36 bits per heavy atom. The standard InChI is InChI=1S/C49H32N4/c1-3-17-33(18-4-1)35-21-7-10-27-42(35)48-50-47(34-19-5-2-6-20-34)51-49(52-48)43-32-31-38(36-22-8-9-23-37(36)43)39-24-11-14-28-44(39)53-45-29-15-12-25-40(45)41-26-13-16-30-46(41)53/h1-32H. The second-order valence-electron chi connectivity index (χ2n) is 13.2. The molecule has 248 valence electrons. The van der Waals surface area contributed by atoms with E-state index in [-0.39, 0.29) is 0 Å². The van der Waals surface area contributed by atoms with Crippen molar-refractivity contribution in [1.29, 1.82) is 0 Å². The monoisotopic (exact) mass is 676 g/mol. The second kappa shape index (κ2) is 12.9. The smallest absolute Gasteiger partial charge is 0.164 e. The predicted molar refractivity (Wildman–Crippen MR) is 219 cm³/mol. The SMILES string of the molecule is c1ccc(-c2nc(-c3ccccc3-c3ccccc3)nc(-c3ccc(-c4ccccc4-n4c5ccccc5c5ccccc54)c4ccccc34)n2)cc1. The van der Waals surface area contributed by atoms with Gasteiger partial charge in [-0.1, -0.05) is 170 Å². The first kappa shape index (κ1) is 30.6. The van der Waals surface area contributed by atoms with Gasteiger partial charge in [0.1, 0.15) is 0 Å². The molecule has 53 heavy (non-hydrogen) atoms. The Hall–Kier alpha value is -7.17. The molecule has 0 unspecified atom stereocenters. The lowest BCUT2D eigenvalue weighted by molar-refractivity contribution is 1.08. The normalized spacial score (nSPS) is 11.4. The molecule has 8 aromatic carbocycles. The third kappa shape index (κ3) is 5.28. The minimum Gasteiger partial charge on any atom is -0.309 e. The van der Waals surface area contributed by atoms with E-state index in [1.54, 1.807) is 0 Å². The van der Waals surface area contributed by atoms with Crippen LogP contribution in [0.4, 0.5) is 0 Å². The van der Waals surface area contributed by atoms with Crippen molar-refractivity contribution in [3.05, 3.63) is 194 Å². The van der Waals surface area contributed by atoms with Crippen LogP contribution in [-0.2, 0) is 0 Å². The van der Waals surface area contributed by atoms with Crippen LogP contribution < -0.4 is 0 Å². The van der Waals surface area contributed by atoms with Gasteiger partial charge in [-0.2, -0.15) is 0 Å². The van der Waals surface area contributed by atoms with Gasteiger partial charge in [0.15, 0.2) is 17.5 Å². The highest BCUT2D eigenvalue weighted by atomic mass is 15.0. The Kier molecular flexibility index (Phi) is 7.43. The predicted octanol–water partition coefficient (Wildman–Crippen LogP) is 12.5. The van der Waals surface area contributed by atoms with Crippen LogP contribution in [0.1, 0.15) is 0 Å². The largest absolute Gasteiger partial charge is 0.309 e. The van der Waals surface area contributed by atoms with Gasteiger partial charge in [-0.3, -0.25) is 0 Å². The molecule has 4 heteroatoms. The third-order valence-electron chi connectivity index (χ3n) is 10.1. The molecule has 0 spiro atoms. The molecule has 2 aromatic heterocycles. The topological polar surface area (TPSA) is 43.6 Å². The first-order chi connectivity index (χ1) is 26.3. The van der Waals surface area contributed by atoms with Gasteiger partial charge in [-0.25, -0.2) is 15.0 Å². The molecule has 0 amide bonds. The Morgan fingerprint density at radius 2 is 0.698 bits per heavy atom. The van der Waals surface area contributed by atoms with Crippen LogP contribution >= 0.6 is 0 Å². The number of nitrogens with zero attached hydrogens (tertiary/aromatic N) is 4. The number of fused-ring (bicyclic) bond motifs is 4. The van der Waals surface area contributed by atoms with E-state index in [0.717, 1.165) is 55.4 Å². The summed E-state index contributed by atoms with van der Waals surface area (Å²) in [6, 6.07) is 68.0. The van der Waals surface area contributed by atoms with E-state index < -0.39 is 0 Å². The van der Waals surface area contributed by atoms with Gasteiger partial charge in [0, 0.05) is 33.0 Å². The minimum absolute atomic E-state index is 0.634. The number of para-hydroxylation sites is 3. The Balaban J connectivity index is 1.19. The van der Waals surface area contributed by atoms with E-state index in [1.165, 1.54) is 21.8 Å². The summed E-state index contributed by atoms with van der Waals surface area (Å²) in [4.78, 5) is 15.5. The highest BCUT2D eigenvalue weighted by Crippen LogP contribution is 2.41. The maximum Gasteiger partial charge on any atom is 0.164 e. The van der Waals surface area contributed by atoms with Crippen LogP contribution in [0, 0.1) is 0 Å². The molecule has 4 nitrogen and oxygen atoms in total. The van der Waals surface area contributed by atoms with Crippen LogP contribution in [0.25, 0.3) is 94.7 Å². The molecule has 0 saturated heterocycles. The summed E-state index contributed by atoms with van der Waals surface area (Å²) in [6.07, 6.45) is 0. The lowest BCUT2D eigenvalue weighted by Gasteiger charge is -2.17. The van der Waals surface area contributed by atoms with Crippen LogP contribution in [0.15, 0.2) is 194 Å². The van der Waals surface area contributed by atoms with Gasteiger partial charge >= 0.3 is 0 Å². The average Bonchev–Trinajstić information content (AvgIpc) is 3.58. The summed E-state index contributed by atoms with van der Waals surface area (Å²) in [5.41, 5.74) is 10.8. The molecule has 0 atom stereocenters. The van der Waals surface area contributed by atoms with E-state index in [4.69, 9.17) is 15.0 Å². The van der Waals surface area contributed by atoms with Crippen molar-refractivity contribution in [2.45, 2.75) is 0 Å². The molecule has 10 rings (SSSR count). The first-order valence-corrected chi connectivity index (χ1v) is 17.9. The maximum atomic E-state index is 5.24. The molecule has 2 heterocycles. The Morgan fingerprint density at radius 1 is 0.264 bits per heavy atom. The van der Waals surface area contributed by atoms with Crippen LogP contribution in [0.2, 0.25) is 0 Å². The van der Waals surface area contributed by atoms with Gasteiger partial charge in [0.2, 0.25) is 0 Å². The Labute approximate surface area is 307 Å². The van der Waals surface area contributed by atoms with Gasteiger partial charge in [0.05, 0.1) is 16.7 Å². The molecule has 0 radical (unpaired) electrons. The molecule has 0 bridgehead atoms. The van der Waals surface area contributed by atoms with Gasteiger partial charge in [-0.05, 0) is 51.7 Å². The highest BCUT2D eigenvalue weighted by Gasteiger charge is 2.20. The van der Waals surface area contributed by atoms with E-state index in [9.17, 15) is 0 Å². The maximum absolute atomic E-state index is 5.24. The summed E-state index contributed by atoms with van der Waals surface area (Å²) < 4.78 is 2.40. The zero-order valence-corrected chi connectivity index (χ0v) is 28.8. The molecular weight excluding hydrogens is 645 g/mol. The van der Waals surface area contributed by atoms with E-state index in [0.29, 0.717) is 17.5 Å². The quantitative estimate of drug-likeness (QED) is 0.176. The lowest BCUT2D eigenvalue weighted by atomic mass is 9.93. The van der Waals surface area contributed by atoms with Crippen molar-refractivity contribution in [1.82, 2.24) is 19.5 Å². The van der Waals surface area contributed by atoms with E-state index >= 15 is 0 Å². The second-order valence-corrected chi connectivity index (χ2v) is 13.2. The van der Waals surface area contributed by atoms with Crippen LogP contribution in [0.3, 0.4) is 0 Å². The van der Waals surface area contributed by atoms with Crippen molar-refractivity contribution in [3.63, 3.8) is 0 Å². The third-order valence-corrected chi connectivity index (χ3v) is 10.1. The van der Waals surface area contributed by atoms with E-state index in [1.807, 2.05) is 30.3 Å². The van der Waals surface area contributed by atoms with Crippen LogP contribution in [-0.4, -0.2) is 19.5 Å². The number of rotatable bonds is 6. The molecule has 0 aliphatic carbocycles. The van der Waals surface area contributed by atoms with Crippen molar-refractivity contribution >= 4 is 32.6 Å². The molecule has 0 saturated carbocycles. The molecule has 0 fully saturated rings. The minimum atomic E-state index is 0.634. The Bertz CT molecular complexity index is 2890. The summed E-state index contributed by atoms with van der Waals surface area (Å²) >= 11 is 0. The average molecular weight is 677 g/mol. The number of aromatic nitrogens is 4. The zero-order chi connectivity index (χ0) is 35.1. The fourth-order valence-electron chi connectivity index (χ4n) is 7.69. The van der Waals surface area contributed by atoms with Gasteiger partial charge < -0.3 is 4.57 Å². The number of hydrogen-bond acceptors (Lipinski definition) is 3. The van der Waals surface area contributed by atoms with Crippen molar-refractivity contribution in [3.8, 4) is 62.1 Å². The number of hydrogen-bond donors (Lipinski definition) is 0. The summed E-state index contributed by atoms with van der Waals surface area (Å²) in [5, 5.41) is 4.69. The molecule has 0 N–H and O–H groups in total. The van der Waals surface area contributed by atoms with Crippen LogP contribution in [0.5, 0.6) is 0 Å². The highest BCUT2D eigenvalue weighted by molar-refractivity contribution is 6.11. The van der Waals surface area contributed by atoms with Crippen molar-refractivity contribution in [2.24, 2.45) is 0 Å². The number of benzene rings is 8.